The van der Waals surface area contributed by atoms with Crippen molar-refractivity contribution in [3.63, 3.8) is 0 Å². The molecule has 1 nitrogen and oxygen atoms in total. The summed E-state index contributed by atoms with van der Waals surface area (Å²) in [6, 6.07) is 18.7. The maximum atomic E-state index is 9.67. The van der Waals surface area contributed by atoms with E-state index in [1.165, 1.54) is 11.1 Å². The minimum Gasteiger partial charge on any atom is -1.00 e. The van der Waals surface area contributed by atoms with Crippen LogP contribution in [0.5, 0.6) is 5.75 Å². The van der Waals surface area contributed by atoms with Crippen LogP contribution in [0, 0.1) is 0 Å². The van der Waals surface area contributed by atoms with E-state index in [-0.39, 0.29) is 4.70 Å². The molecule has 0 bridgehead atoms. The van der Waals surface area contributed by atoms with E-state index in [9.17, 15) is 12.9 Å². The lowest BCUT2D eigenvalue weighted by Gasteiger charge is -2.03. The van der Waals surface area contributed by atoms with Gasteiger partial charge in [0.15, 0.2) is 0 Å². The Hall–Kier alpha value is -1.98. The highest BCUT2D eigenvalue weighted by Crippen LogP contribution is 2.14. The summed E-state index contributed by atoms with van der Waals surface area (Å²) in [6.07, 6.45) is 0.977. The highest BCUT2D eigenvalue weighted by Gasteiger charge is 2.06. The first-order valence-electron chi connectivity index (χ1n) is 5.71. The molecule has 0 saturated carbocycles. The van der Waals surface area contributed by atoms with E-state index in [1.54, 1.807) is 7.11 Å². The van der Waals surface area contributed by atoms with Crippen molar-refractivity contribution in [2.24, 2.45) is 0 Å². The Kier molecular flexibility index (Phi) is 8.91. The predicted molar refractivity (Wildman–Crippen MR) is 71.3 cm³/mol. The summed E-state index contributed by atoms with van der Waals surface area (Å²) in [5.74, 6) is 0.909. The third-order valence-electron chi connectivity index (χ3n) is 2.41. The van der Waals surface area contributed by atoms with Crippen LogP contribution >= 0.6 is 0 Å². The van der Waals surface area contributed by atoms with E-state index in [0.717, 1.165) is 12.2 Å². The van der Waals surface area contributed by atoms with E-state index in [4.69, 9.17) is 4.74 Å². The third-order valence-corrected chi connectivity index (χ3v) is 2.41. The van der Waals surface area contributed by atoms with Crippen LogP contribution in [-0.2, 0) is 6.42 Å². The molecule has 2 aromatic rings. The molecule has 2 rings (SSSR count). The molecule has 0 amide bonds. The fourth-order valence-electron chi connectivity index (χ4n) is 1.57. The topological polar surface area (TPSA) is 9.23 Å². The second-order valence-corrected chi connectivity index (χ2v) is 3.76. The van der Waals surface area contributed by atoms with Gasteiger partial charge in [-0.2, -0.15) is 0 Å². The van der Waals surface area contributed by atoms with Gasteiger partial charge in [0.05, 0.1) is 7.11 Å². The number of rotatable bonds is 3. The highest BCUT2D eigenvalue weighted by molar-refractivity contribution is 6.33. The lowest BCUT2D eigenvalue weighted by molar-refractivity contribution is -0.00000697. The zero-order valence-corrected chi connectivity index (χ0v) is 10.9. The molecule has 108 valence electrons. The average Bonchev–Trinajstić information content (AvgIpc) is 2.40. The van der Waals surface area contributed by atoms with Crippen LogP contribution < -0.4 is 9.44 Å². The van der Waals surface area contributed by atoms with E-state index >= 15 is 0 Å². The Balaban J connectivity index is 0.000000644. The van der Waals surface area contributed by atoms with E-state index in [1.807, 2.05) is 18.2 Å². The summed E-state index contributed by atoms with van der Waals surface area (Å²) >= 11 is 0. The van der Waals surface area contributed by atoms with Crippen molar-refractivity contribution >= 4 is 7.54 Å². The smallest absolute Gasteiger partial charge is 0.762 e. The van der Waals surface area contributed by atoms with Crippen LogP contribution in [-0.4, -0.2) is 14.7 Å². The fraction of sp³-hybridized carbons (Fsp3) is 0.143. The first kappa shape index (κ1) is 18.0. The Morgan fingerprint density at radius 2 is 1.30 bits per heavy atom. The monoisotopic (exact) mass is 285 g/mol. The summed E-state index contributed by atoms with van der Waals surface area (Å²) in [5.41, 5.74) is 2.64. The van der Waals surface area contributed by atoms with Crippen molar-refractivity contribution in [2.75, 3.05) is 7.11 Å². The minimum atomic E-state index is -3.67. The quantitative estimate of drug-likeness (QED) is 0.607. The van der Waals surface area contributed by atoms with Gasteiger partial charge in [-0.1, -0.05) is 42.5 Å². The Morgan fingerprint density at radius 1 is 0.850 bits per heavy atom. The van der Waals surface area contributed by atoms with E-state index < -0.39 is 7.54 Å². The van der Waals surface area contributed by atoms with Gasteiger partial charge in [0.25, 0.3) is 0 Å². The fourth-order valence-corrected chi connectivity index (χ4v) is 1.57. The van der Waals surface area contributed by atoms with Crippen LogP contribution in [0.1, 0.15) is 11.1 Å². The van der Waals surface area contributed by atoms with Crippen LogP contribution in [0.4, 0.5) is 12.9 Å². The van der Waals surface area contributed by atoms with E-state index in [0.29, 0.717) is 0 Å². The van der Waals surface area contributed by atoms with Crippen molar-refractivity contribution in [2.45, 2.75) is 6.42 Å². The van der Waals surface area contributed by atoms with Gasteiger partial charge in [0, 0.05) is 0 Å². The number of hydrogen-bond donors (Lipinski definition) is 0. The van der Waals surface area contributed by atoms with Gasteiger partial charge in [-0.05, 0) is 29.7 Å². The maximum Gasteiger partial charge on any atom is 0.762 e. The molecule has 0 saturated heterocycles. The Labute approximate surface area is 116 Å². The van der Waals surface area contributed by atoms with Crippen LogP contribution in [0.25, 0.3) is 0 Å². The summed E-state index contributed by atoms with van der Waals surface area (Å²) in [7, 11) is -1.98. The van der Waals surface area contributed by atoms with Gasteiger partial charge in [0.2, 0.25) is 0 Å². The summed E-state index contributed by atoms with van der Waals surface area (Å²) < 4.78 is 34.1. The van der Waals surface area contributed by atoms with Crippen molar-refractivity contribution in [1.82, 2.24) is 0 Å². The van der Waals surface area contributed by atoms with Crippen LogP contribution in [0.15, 0.2) is 54.6 Å². The molecule has 6 heteroatoms. The van der Waals surface area contributed by atoms with Gasteiger partial charge in [0.1, 0.15) is 5.75 Å². The van der Waals surface area contributed by atoms with Crippen LogP contribution in [0.3, 0.4) is 0 Å². The molecule has 0 spiro atoms. The first-order valence-corrected chi connectivity index (χ1v) is 5.71. The average molecular weight is 285 g/mol. The molecule has 20 heavy (non-hydrogen) atoms. The zero-order valence-electron chi connectivity index (χ0n) is 10.9. The summed E-state index contributed by atoms with van der Waals surface area (Å²) in [4.78, 5) is 0. The largest absolute Gasteiger partial charge is 1.00 e. The molecule has 0 atom stereocenters. The lowest BCUT2D eigenvalue weighted by atomic mass is 10.1. The minimum absolute atomic E-state index is 0. The molecule has 0 fully saturated rings. The maximum absolute atomic E-state index is 9.67. The molecular weight excluding hydrogens is 271 g/mol. The molecule has 0 aliphatic rings. The van der Waals surface area contributed by atoms with Gasteiger partial charge in [-0.15, -0.1) is 0 Å². The SMILES string of the molecule is COc1ccc(Cc2ccccc2)cc1.FB(F)F.[F-]. The predicted octanol–water partition coefficient (Wildman–Crippen LogP) is 1.17. The highest BCUT2D eigenvalue weighted by atomic mass is 19.4. The van der Waals surface area contributed by atoms with Crippen LogP contribution in [0.2, 0.25) is 0 Å². The van der Waals surface area contributed by atoms with Gasteiger partial charge in [-0.25, -0.2) is 0 Å². The Bertz CT molecular complexity index is 460. The molecule has 0 aliphatic carbocycles. The number of methoxy groups -OCH3 is 1. The lowest BCUT2D eigenvalue weighted by Crippen LogP contribution is -3.00. The molecule has 0 N–H and O–H groups in total. The second kappa shape index (κ2) is 9.89. The molecule has 2 aromatic carbocycles. The zero-order chi connectivity index (χ0) is 14.1. The van der Waals surface area contributed by atoms with Gasteiger partial charge >= 0.3 is 7.54 Å². The molecule has 0 aromatic heterocycles. The standard InChI is InChI=1S/C14H14O.BF3.FH/c1-15-14-9-7-13(8-10-14)11-12-5-3-2-4-6-12;2-1(3)4;/h2-10H,11H2,1H3;;1H/p-1. The Morgan fingerprint density at radius 3 is 1.75 bits per heavy atom. The number of ether oxygens (including phenoxy) is 1. The molecule has 0 unspecified atom stereocenters. The molecule has 0 radical (unpaired) electrons. The second-order valence-electron chi connectivity index (χ2n) is 3.76. The van der Waals surface area contributed by atoms with Crippen molar-refractivity contribution in [3.05, 3.63) is 65.7 Å². The summed E-state index contributed by atoms with van der Waals surface area (Å²) in [5, 5.41) is 0. The van der Waals surface area contributed by atoms with Crippen molar-refractivity contribution in [3.8, 4) is 5.75 Å². The number of halogens is 4. The first-order chi connectivity index (χ1) is 9.11. The number of benzene rings is 2. The summed E-state index contributed by atoms with van der Waals surface area (Å²) in [6.45, 7) is 0. The third kappa shape index (κ3) is 7.46. The normalized spacial score (nSPS) is 8.80. The molecule has 0 aliphatic heterocycles. The van der Waals surface area contributed by atoms with Crippen molar-refractivity contribution in [1.29, 1.82) is 0 Å². The number of hydrogen-bond acceptors (Lipinski definition) is 1. The van der Waals surface area contributed by atoms with Gasteiger partial charge < -0.3 is 9.44 Å². The van der Waals surface area contributed by atoms with Crippen molar-refractivity contribution < 1.29 is 22.4 Å². The molecular formula is C14H14BF4O-. The van der Waals surface area contributed by atoms with Gasteiger partial charge in [-0.3, -0.25) is 12.9 Å². The van der Waals surface area contributed by atoms with E-state index in [2.05, 4.69) is 36.4 Å². The molecule has 0 heterocycles.